The number of rotatable bonds is 5. The van der Waals surface area contributed by atoms with Gasteiger partial charge in [0.25, 0.3) is 0 Å². The van der Waals surface area contributed by atoms with Crippen molar-refractivity contribution in [1.82, 2.24) is 10.6 Å². The summed E-state index contributed by atoms with van der Waals surface area (Å²) in [6, 6.07) is -0.0970. The van der Waals surface area contributed by atoms with Gasteiger partial charge in [-0.15, -0.1) is 0 Å². The summed E-state index contributed by atoms with van der Waals surface area (Å²) in [5.74, 6) is 0.0375. The minimum absolute atomic E-state index is 0.0375. The first kappa shape index (κ1) is 11.2. The smallest absolute Gasteiger partial charge is 0.236 e. The highest BCUT2D eigenvalue weighted by Gasteiger charge is 2.07. The van der Waals surface area contributed by atoms with E-state index >= 15 is 0 Å². The Balaban J connectivity index is 3.43. The summed E-state index contributed by atoms with van der Waals surface area (Å²) in [5, 5.41) is 5.69. The molecule has 2 N–H and O–H groups in total. The molecule has 3 heteroatoms. The van der Waals surface area contributed by atoms with E-state index in [1.807, 2.05) is 19.9 Å². The highest BCUT2D eigenvalue weighted by atomic mass is 16.2. The van der Waals surface area contributed by atoms with Gasteiger partial charge in [0.2, 0.25) is 5.91 Å². The van der Waals surface area contributed by atoms with Gasteiger partial charge in [-0.3, -0.25) is 4.79 Å². The summed E-state index contributed by atoms with van der Waals surface area (Å²) < 4.78 is 0. The lowest BCUT2D eigenvalue weighted by Gasteiger charge is -2.10. The van der Waals surface area contributed by atoms with Crippen LogP contribution in [0.25, 0.3) is 0 Å². The van der Waals surface area contributed by atoms with Crippen LogP contribution >= 0.6 is 0 Å². The predicted molar refractivity (Wildman–Crippen MR) is 51.0 cm³/mol. The first-order chi connectivity index (χ1) is 5.72. The molecular formula is C9H18N2O. The number of hydrogen-bond acceptors (Lipinski definition) is 2. The Bertz CT molecular complexity index is 155. The Morgan fingerprint density at radius 1 is 1.58 bits per heavy atom. The largest absolute Gasteiger partial charge is 0.358 e. The van der Waals surface area contributed by atoms with Crippen molar-refractivity contribution in [3.05, 3.63) is 12.2 Å². The molecule has 0 radical (unpaired) electrons. The maximum Gasteiger partial charge on any atom is 0.236 e. The van der Waals surface area contributed by atoms with Gasteiger partial charge in [0.1, 0.15) is 0 Å². The van der Waals surface area contributed by atoms with Crippen molar-refractivity contribution in [2.24, 2.45) is 0 Å². The van der Waals surface area contributed by atoms with Crippen LogP contribution in [0.3, 0.4) is 0 Å². The molecule has 1 amide bonds. The third-order valence-electron chi connectivity index (χ3n) is 1.64. The fourth-order valence-corrected chi connectivity index (χ4v) is 0.859. The molecule has 0 aromatic rings. The number of allylic oxidation sites excluding steroid dienone is 1. The lowest BCUT2D eigenvalue weighted by atomic mass is 10.3. The van der Waals surface area contributed by atoms with Crippen molar-refractivity contribution < 1.29 is 4.79 Å². The molecule has 0 heterocycles. The van der Waals surface area contributed by atoms with E-state index in [0.29, 0.717) is 0 Å². The Kier molecular flexibility index (Phi) is 6.38. The van der Waals surface area contributed by atoms with Gasteiger partial charge in [0, 0.05) is 7.05 Å². The van der Waals surface area contributed by atoms with E-state index in [2.05, 4.69) is 16.7 Å². The third kappa shape index (κ3) is 4.91. The number of amides is 1. The molecule has 0 spiro atoms. The van der Waals surface area contributed by atoms with E-state index in [-0.39, 0.29) is 11.9 Å². The Hall–Kier alpha value is -0.830. The molecule has 0 rings (SSSR count). The van der Waals surface area contributed by atoms with Gasteiger partial charge in [0.15, 0.2) is 0 Å². The van der Waals surface area contributed by atoms with Crippen LogP contribution in [0.4, 0.5) is 0 Å². The molecule has 0 aliphatic heterocycles. The van der Waals surface area contributed by atoms with E-state index in [0.717, 1.165) is 13.0 Å². The Morgan fingerprint density at radius 2 is 2.25 bits per heavy atom. The molecule has 0 aliphatic rings. The first-order valence-corrected chi connectivity index (χ1v) is 4.28. The molecule has 70 valence electrons. The van der Waals surface area contributed by atoms with E-state index in [1.165, 1.54) is 0 Å². The molecule has 0 bridgehead atoms. The van der Waals surface area contributed by atoms with Gasteiger partial charge in [0.05, 0.1) is 6.04 Å². The first-order valence-electron chi connectivity index (χ1n) is 4.28. The number of carbonyl (C=O) groups is 1. The second kappa shape index (κ2) is 6.85. The van der Waals surface area contributed by atoms with E-state index < -0.39 is 0 Å². The summed E-state index contributed by atoms with van der Waals surface area (Å²) in [4.78, 5) is 11.0. The molecule has 1 unspecified atom stereocenters. The quantitative estimate of drug-likeness (QED) is 0.470. The van der Waals surface area contributed by atoms with Gasteiger partial charge < -0.3 is 10.6 Å². The lowest BCUT2D eigenvalue weighted by Crippen LogP contribution is -2.40. The molecule has 0 aromatic carbocycles. The number of likely N-dealkylation sites (N-methyl/N-ethyl adjacent to an activating group) is 1. The predicted octanol–water partition coefficient (Wildman–Crippen LogP) is 0.677. The van der Waals surface area contributed by atoms with Crippen molar-refractivity contribution >= 4 is 5.91 Å². The average molecular weight is 170 g/mol. The number of carbonyl (C=O) groups excluding carboxylic acids is 1. The fraction of sp³-hybridized carbons (Fsp3) is 0.667. The fourth-order valence-electron chi connectivity index (χ4n) is 0.859. The minimum Gasteiger partial charge on any atom is -0.358 e. The second-order valence-electron chi connectivity index (χ2n) is 2.65. The molecule has 0 aromatic heterocycles. The van der Waals surface area contributed by atoms with Crippen molar-refractivity contribution in [2.45, 2.75) is 26.3 Å². The lowest BCUT2D eigenvalue weighted by molar-refractivity contribution is -0.122. The van der Waals surface area contributed by atoms with Gasteiger partial charge in [-0.05, 0) is 26.8 Å². The standard InChI is InChI=1S/C9H18N2O/c1-4-5-6-7-11-8(2)9(12)10-3/h4-5,8,11H,6-7H2,1-3H3,(H,10,12)/b5-4+. The Morgan fingerprint density at radius 3 is 2.75 bits per heavy atom. The second-order valence-corrected chi connectivity index (χ2v) is 2.65. The highest BCUT2D eigenvalue weighted by Crippen LogP contribution is 1.84. The van der Waals surface area contributed by atoms with Crippen molar-refractivity contribution in [3.8, 4) is 0 Å². The monoisotopic (exact) mass is 170 g/mol. The van der Waals surface area contributed by atoms with Crippen LogP contribution in [0, 0.1) is 0 Å². The number of hydrogen-bond donors (Lipinski definition) is 2. The topological polar surface area (TPSA) is 41.1 Å². The average Bonchev–Trinajstić information content (AvgIpc) is 2.10. The van der Waals surface area contributed by atoms with Gasteiger partial charge >= 0.3 is 0 Å². The van der Waals surface area contributed by atoms with Crippen molar-refractivity contribution in [2.75, 3.05) is 13.6 Å². The van der Waals surface area contributed by atoms with Crippen LogP contribution in [0.1, 0.15) is 20.3 Å². The van der Waals surface area contributed by atoms with Gasteiger partial charge in [-0.1, -0.05) is 12.2 Å². The summed E-state index contributed by atoms with van der Waals surface area (Å²) in [6.07, 6.45) is 5.05. The van der Waals surface area contributed by atoms with Crippen LogP contribution in [0.5, 0.6) is 0 Å². The molecule has 0 saturated heterocycles. The third-order valence-corrected chi connectivity index (χ3v) is 1.64. The van der Waals surface area contributed by atoms with Crippen LogP contribution in [0.2, 0.25) is 0 Å². The molecule has 0 aliphatic carbocycles. The molecular weight excluding hydrogens is 152 g/mol. The molecule has 1 atom stereocenters. The molecule has 3 nitrogen and oxygen atoms in total. The maximum atomic E-state index is 11.0. The number of nitrogens with one attached hydrogen (secondary N) is 2. The zero-order valence-electron chi connectivity index (χ0n) is 8.05. The van der Waals surface area contributed by atoms with Crippen molar-refractivity contribution in [1.29, 1.82) is 0 Å². The van der Waals surface area contributed by atoms with Crippen LogP contribution < -0.4 is 10.6 Å². The SMILES string of the molecule is C/C=C/CCNC(C)C(=O)NC. The van der Waals surface area contributed by atoms with Crippen LogP contribution in [-0.4, -0.2) is 25.5 Å². The van der Waals surface area contributed by atoms with E-state index in [4.69, 9.17) is 0 Å². The molecule has 12 heavy (non-hydrogen) atoms. The van der Waals surface area contributed by atoms with E-state index in [9.17, 15) is 4.79 Å². The summed E-state index contributed by atoms with van der Waals surface area (Å²) in [7, 11) is 1.65. The summed E-state index contributed by atoms with van der Waals surface area (Å²) in [6.45, 7) is 4.69. The maximum absolute atomic E-state index is 11.0. The van der Waals surface area contributed by atoms with E-state index in [1.54, 1.807) is 7.05 Å². The zero-order valence-corrected chi connectivity index (χ0v) is 8.05. The Labute approximate surface area is 74.2 Å². The van der Waals surface area contributed by atoms with Crippen LogP contribution in [0.15, 0.2) is 12.2 Å². The summed E-state index contributed by atoms with van der Waals surface area (Å²) in [5.41, 5.74) is 0. The highest BCUT2D eigenvalue weighted by molar-refractivity contribution is 5.80. The zero-order chi connectivity index (χ0) is 9.40. The van der Waals surface area contributed by atoms with Crippen LogP contribution in [-0.2, 0) is 4.79 Å². The normalized spacial score (nSPS) is 13.2. The molecule has 0 fully saturated rings. The molecule has 0 saturated carbocycles. The van der Waals surface area contributed by atoms with Gasteiger partial charge in [-0.2, -0.15) is 0 Å². The summed E-state index contributed by atoms with van der Waals surface area (Å²) >= 11 is 0. The van der Waals surface area contributed by atoms with Gasteiger partial charge in [-0.25, -0.2) is 0 Å². The van der Waals surface area contributed by atoms with Crippen molar-refractivity contribution in [3.63, 3.8) is 0 Å². The minimum atomic E-state index is -0.0970.